The molecule has 0 atom stereocenters. The van der Waals surface area contributed by atoms with Crippen molar-refractivity contribution in [2.75, 3.05) is 18.0 Å². The molecule has 0 spiro atoms. The van der Waals surface area contributed by atoms with Crippen molar-refractivity contribution < 1.29 is 17.4 Å². The number of nitrogens with zero attached hydrogens (tertiary/aromatic N) is 1. The minimum absolute atomic E-state index is 0.0454. The molecule has 2 aromatic carbocycles. The lowest BCUT2D eigenvalue weighted by molar-refractivity contribution is 0.252. The molecule has 2 aromatic rings. The van der Waals surface area contributed by atoms with Gasteiger partial charge in [0.25, 0.3) is 0 Å². The summed E-state index contributed by atoms with van der Waals surface area (Å²) in [6.45, 7) is 4.98. The fourth-order valence-corrected chi connectivity index (χ4v) is 3.37. The molecule has 0 aliphatic carbocycles. The van der Waals surface area contributed by atoms with Crippen LogP contribution in [0.5, 0.6) is 5.75 Å². The number of carbonyl (C=O) groups is 1. The van der Waals surface area contributed by atoms with E-state index >= 15 is 0 Å². The number of amides is 2. The number of hydrogen-bond acceptors (Lipinski definition) is 4. The molecule has 7 heteroatoms. The van der Waals surface area contributed by atoms with Crippen LogP contribution in [0.2, 0.25) is 0 Å². The highest BCUT2D eigenvalue weighted by Gasteiger charge is 2.22. The molecule has 1 N–H and O–H groups in total. The van der Waals surface area contributed by atoms with Crippen molar-refractivity contribution in [1.29, 1.82) is 0 Å². The summed E-state index contributed by atoms with van der Waals surface area (Å²) >= 11 is 0. The Balaban J connectivity index is 1.81. The maximum Gasteiger partial charge on any atom is 0.339 e. The van der Waals surface area contributed by atoms with Crippen LogP contribution in [-0.2, 0) is 10.1 Å². The average molecular weight is 346 g/mol. The Morgan fingerprint density at radius 1 is 1.04 bits per heavy atom. The van der Waals surface area contributed by atoms with Gasteiger partial charge >= 0.3 is 16.1 Å². The molecule has 1 aliphatic rings. The van der Waals surface area contributed by atoms with Crippen LogP contribution in [-0.4, -0.2) is 27.5 Å². The average Bonchev–Trinajstić information content (AvgIpc) is 2.97. The van der Waals surface area contributed by atoms with Gasteiger partial charge in [0.2, 0.25) is 0 Å². The quantitative estimate of drug-likeness (QED) is 0.864. The Hall–Kier alpha value is -2.54. The van der Waals surface area contributed by atoms with Gasteiger partial charge in [-0.2, -0.15) is 8.42 Å². The van der Waals surface area contributed by atoms with E-state index in [2.05, 4.69) is 5.32 Å². The van der Waals surface area contributed by atoms with E-state index in [0.29, 0.717) is 18.8 Å². The maximum atomic E-state index is 12.4. The Labute approximate surface area is 141 Å². The van der Waals surface area contributed by atoms with E-state index in [1.165, 1.54) is 12.1 Å². The zero-order valence-electron chi connectivity index (χ0n) is 13.4. The smallest absolute Gasteiger partial charge is 0.339 e. The number of urea groups is 1. The highest BCUT2D eigenvalue weighted by Crippen LogP contribution is 2.24. The van der Waals surface area contributed by atoms with Crippen molar-refractivity contribution in [2.45, 2.75) is 18.7 Å². The van der Waals surface area contributed by atoms with E-state index in [1.807, 2.05) is 19.9 Å². The number of nitrogens with one attached hydrogen (secondary N) is 1. The van der Waals surface area contributed by atoms with Crippen LogP contribution in [0.3, 0.4) is 0 Å². The molecule has 0 radical (unpaired) electrons. The normalized spacial score (nSPS) is 14.6. The summed E-state index contributed by atoms with van der Waals surface area (Å²) in [5.74, 6) is 0.279. The SMILES string of the molecule is Cc1ccc(OS(=O)(=O)c2ccc(N3CCNC3=O)cc2)cc1C. The lowest BCUT2D eigenvalue weighted by atomic mass is 10.1. The molecular formula is C17H18N2O4S. The van der Waals surface area contributed by atoms with E-state index in [9.17, 15) is 13.2 Å². The maximum absolute atomic E-state index is 12.4. The van der Waals surface area contributed by atoms with Crippen molar-refractivity contribution in [3.63, 3.8) is 0 Å². The molecule has 1 saturated heterocycles. The van der Waals surface area contributed by atoms with E-state index in [4.69, 9.17) is 4.18 Å². The molecule has 24 heavy (non-hydrogen) atoms. The van der Waals surface area contributed by atoms with Crippen LogP contribution in [0.1, 0.15) is 11.1 Å². The van der Waals surface area contributed by atoms with Gasteiger partial charge in [-0.05, 0) is 61.4 Å². The molecule has 3 rings (SSSR count). The summed E-state index contributed by atoms with van der Waals surface area (Å²) in [6, 6.07) is 11.0. The number of hydrogen-bond donors (Lipinski definition) is 1. The monoisotopic (exact) mass is 346 g/mol. The fraction of sp³-hybridized carbons (Fsp3) is 0.235. The lowest BCUT2D eigenvalue weighted by Gasteiger charge is -2.14. The first-order valence-corrected chi connectivity index (χ1v) is 8.95. The topological polar surface area (TPSA) is 75.7 Å². The van der Waals surface area contributed by atoms with Gasteiger partial charge in [0, 0.05) is 18.8 Å². The number of anilines is 1. The third-order valence-corrected chi connectivity index (χ3v) is 5.24. The molecule has 1 fully saturated rings. The molecule has 0 bridgehead atoms. The van der Waals surface area contributed by atoms with Gasteiger partial charge in [-0.25, -0.2) is 4.79 Å². The zero-order valence-corrected chi connectivity index (χ0v) is 14.3. The molecule has 1 aliphatic heterocycles. The molecule has 0 saturated carbocycles. The first kappa shape index (κ1) is 16.3. The Bertz CT molecular complexity index is 876. The zero-order chi connectivity index (χ0) is 17.3. The summed E-state index contributed by atoms with van der Waals surface area (Å²) in [7, 11) is -3.92. The number of carbonyl (C=O) groups excluding carboxylic acids is 1. The van der Waals surface area contributed by atoms with Crippen LogP contribution in [0.4, 0.5) is 10.5 Å². The first-order valence-electron chi connectivity index (χ1n) is 7.54. The van der Waals surface area contributed by atoms with Gasteiger partial charge in [-0.15, -0.1) is 0 Å². The van der Waals surface area contributed by atoms with Crippen LogP contribution < -0.4 is 14.4 Å². The molecule has 6 nitrogen and oxygen atoms in total. The molecular weight excluding hydrogens is 328 g/mol. The van der Waals surface area contributed by atoms with Gasteiger partial charge in [0.1, 0.15) is 10.6 Å². The number of benzene rings is 2. The summed E-state index contributed by atoms with van der Waals surface area (Å²) < 4.78 is 29.9. The Kier molecular flexibility index (Phi) is 4.19. The summed E-state index contributed by atoms with van der Waals surface area (Å²) in [4.78, 5) is 13.2. The Morgan fingerprint density at radius 3 is 2.33 bits per heavy atom. The minimum Gasteiger partial charge on any atom is -0.379 e. The standard InChI is InChI=1S/C17H18N2O4S/c1-12-3-6-15(11-13(12)2)23-24(21,22)16-7-4-14(5-8-16)19-10-9-18-17(19)20/h3-8,11H,9-10H2,1-2H3,(H,18,20). The molecule has 0 unspecified atom stereocenters. The summed E-state index contributed by atoms with van der Waals surface area (Å²) in [5.41, 5.74) is 2.67. The second-order valence-corrected chi connectivity index (χ2v) is 7.21. The summed E-state index contributed by atoms with van der Waals surface area (Å²) in [6.07, 6.45) is 0. The van der Waals surface area contributed by atoms with E-state index in [-0.39, 0.29) is 16.7 Å². The van der Waals surface area contributed by atoms with E-state index in [1.54, 1.807) is 29.2 Å². The Morgan fingerprint density at radius 2 is 1.75 bits per heavy atom. The van der Waals surface area contributed by atoms with Gasteiger partial charge in [-0.3, -0.25) is 4.90 Å². The van der Waals surface area contributed by atoms with Gasteiger partial charge in [0.15, 0.2) is 0 Å². The minimum atomic E-state index is -3.92. The van der Waals surface area contributed by atoms with Gasteiger partial charge in [0.05, 0.1) is 0 Å². The fourth-order valence-electron chi connectivity index (χ4n) is 2.45. The van der Waals surface area contributed by atoms with Crippen molar-refractivity contribution in [3.05, 3.63) is 53.6 Å². The van der Waals surface area contributed by atoms with Crippen LogP contribution in [0, 0.1) is 13.8 Å². The predicted molar refractivity (Wildman–Crippen MR) is 90.9 cm³/mol. The largest absolute Gasteiger partial charge is 0.379 e. The van der Waals surface area contributed by atoms with Gasteiger partial charge in [-0.1, -0.05) is 6.07 Å². The van der Waals surface area contributed by atoms with Crippen molar-refractivity contribution in [1.82, 2.24) is 5.32 Å². The second-order valence-electron chi connectivity index (χ2n) is 5.66. The van der Waals surface area contributed by atoms with Crippen LogP contribution in [0.15, 0.2) is 47.4 Å². The van der Waals surface area contributed by atoms with Crippen LogP contribution >= 0.6 is 0 Å². The molecule has 126 valence electrons. The summed E-state index contributed by atoms with van der Waals surface area (Å²) in [5, 5.41) is 2.70. The highest BCUT2D eigenvalue weighted by atomic mass is 32.2. The molecule has 1 heterocycles. The third kappa shape index (κ3) is 3.21. The number of aryl methyl sites for hydroxylation is 2. The molecule has 2 amide bonds. The van der Waals surface area contributed by atoms with E-state index in [0.717, 1.165) is 11.1 Å². The first-order chi connectivity index (χ1) is 11.4. The van der Waals surface area contributed by atoms with E-state index < -0.39 is 10.1 Å². The molecule has 0 aromatic heterocycles. The third-order valence-electron chi connectivity index (χ3n) is 3.98. The van der Waals surface area contributed by atoms with Crippen molar-refractivity contribution in [2.24, 2.45) is 0 Å². The lowest BCUT2D eigenvalue weighted by Crippen LogP contribution is -2.27. The second kappa shape index (κ2) is 6.16. The van der Waals surface area contributed by atoms with Crippen molar-refractivity contribution >= 4 is 21.8 Å². The highest BCUT2D eigenvalue weighted by molar-refractivity contribution is 7.87. The van der Waals surface area contributed by atoms with Gasteiger partial charge < -0.3 is 9.50 Å². The number of rotatable bonds is 4. The van der Waals surface area contributed by atoms with Crippen LogP contribution in [0.25, 0.3) is 0 Å². The predicted octanol–water partition coefficient (Wildman–Crippen LogP) is 2.60. The van der Waals surface area contributed by atoms with Crippen molar-refractivity contribution in [3.8, 4) is 5.75 Å².